The van der Waals surface area contributed by atoms with Gasteiger partial charge in [0.2, 0.25) is 10.0 Å². The topological polar surface area (TPSA) is 63.7 Å². The van der Waals surface area contributed by atoms with E-state index in [1.54, 1.807) is 13.2 Å². The molecule has 0 saturated carbocycles. The molecule has 0 amide bonds. The summed E-state index contributed by atoms with van der Waals surface area (Å²) >= 11 is 0. The number of carbonyl (C=O) groups excluding carboxylic acids is 1. The maximum Gasteiger partial charge on any atom is 0.242 e. The lowest BCUT2D eigenvalue weighted by Crippen LogP contribution is -2.22. The second kappa shape index (κ2) is 7.42. The van der Waals surface area contributed by atoms with E-state index in [-0.39, 0.29) is 10.7 Å². The fourth-order valence-corrected chi connectivity index (χ4v) is 2.92. The summed E-state index contributed by atoms with van der Waals surface area (Å²) < 4.78 is 30.3. The van der Waals surface area contributed by atoms with E-state index in [2.05, 4.69) is 0 Å². The van der Waals surface area contributed by atoms with Gasteiger partial charge >= 0.3 is 0 Å². The zero-order valence-electron chi connectivity index (χ0n) is 13.8. The molecule has 0 saturated heterocycles. The van der Waals surface area contributed by atoms with Crippen LogP contribution in [0.4, 0.5) is 0 Å². The lowest BCUT2D eigenvalue weighted by molar-refractivity contribution is 0.104. The van der Waals surface area contributed by atoms with Crippen LogP contribution in [0, 0.1) is 0 Å². The molecule has 24 heavy (non-hydrogen) atoms. The highest BCUT2D eigenvalue weighted by Crippen LogP contribution is 2.16. The first-order valence-corrected chi connectivity index (χ1v) is 8.67. The summed E-state index contributed by atoms with van der Waals surface area (Å²) in [4.78, 5) is 12.3. The quantitative estimate of drug-likeness (QED) is 0.596. The summed E-state index contributed by atoms with van der Waals surface area (Å²) in [6.07, 6.45) is 3.14. The summed E-state index contributed by atoms with van der Waals surface area (Å²) in [5.41, 5.74) is 1.27. The molecule has 0 aliphatic heterocycles. The largest absolute Gasteiger partial charge is 0.497 e. The SMILES string of the molecule is COc1cccc(C=CC(=O)c2ccc(S(=O)(=O)N(C)C)cc2)c1. The third-order valence-corrected chi connectivity index (χ3v) is 5.27. The Morgan fingerprint density at radius 3 is 2.33 bits per heavy atom. The minimum atomic E-state index is -3.49. The van der Waals surface area contributed by atoms with Gasteiger partial charge in [-0.3, -0.25) is 4.79 Å². The molecule has 0 aliphatic carbocycles. The predicted molar refractivity (Wildman–Crippen MR) is 93.7 cm³/mol. The Bertz CT molecular complexity index is 853. The number of benzene rings is 2. The van der Waals surface area contributed by atoms with E-state index in [0.29, 0.717) is 11.3 Å². The van der Waals surface area contributed by atoms with Gasteiger partial charge in [0.25, 0.3) is 0 Å². The molecule has 0 aromatic heterocycles. The number of methoxy groups -OCH3 is 1. The van der Waals surface area contributed by atoms with Crippen LogP contribution in [0.5, 0.6) is 5.75 Å². The molecule has 6 heteroatoms. The number of sulfonamides is 1. The number of rotatable bonds is 6. The zero-order chi connectivity index (χ0) is 17.7. The zero-order valence-corrected chi connectivity index (χ0v) is 14.6. The van der Waals surface area contributed by atoms with Crippen molar-refractivity contribution in [2.75, 3.05) is 21.2 Å². The molecule has 0 heterocycles. The number of nitrogens with zero attached hydrogens (tertiary/aromatic N) is 1. The molecule has 0 N–H and O–H groups in total. The summed E-state index contributed by atoms with van der Waals surface area (Å²) in [6, 6.07) is 13.2. The van der Waals surface area contributed by atoms with Crippen LogP contribution in [0.1, 0.15) is 15.9 Å². The minimum Gasteiger partial charge on any atom is -0.497 e. The van der Waals surface area contributed by atoms with Crippen molar-refractivity contribution in [3.8, 4) is 5.75 Å². The van der Waals surface area contributed by atoms with Crippen LogP contribution in [0.15, 0.2) is 59.5 Å². The molecule has 2 aromatic rings. The number of carbonyl (C=O) groups is 1. The van der Waals surface area contributed by atoms with Crippen LogP contribution in [-0.4, -0.2) is 39.7 Å². The van der Waals surface area contributed by atoms with Crippen LogP contribution < -0.4 is 4.74 Å². The average molecular weight is 345 g/mol. The number of allylic oxidation sites excluding steroid dienone is 1. The Balaban J connectivity index is 2.17. The molecule has 2 aromatic carbocycles. The predicted octanol–water partition coefficient (Wildman–Crippen LogP) is 2.84. The molecule has 0 radical (unpaired) electrons. The van der Waals surface area contributed by atoms with Gasteiger partial charge in [-0.25, -0.2) is 12.7 Å². The van der Waals surface area contributed by atoms with Gasteiger partial charge in [-0.15, -0.1) is 0 Å². The highest BCUT2D eigenvalue weighted by molar-refractivity contribution is 7.89. The molecule has 0 spiro atoms. The summed E-state index contributed by atoms with van der Waals surface area (Å²) in [5, 5.41) is 0. The first-order chi connectivity index (χ1) is 11.3. The van der Waals surface area contributed by atoms with Gasteiger partial charge in [0, 0.05) is 19.7 Å². The summed E-state index contributed by atoms with van der Waals surface area (Å²) in [6.45, 7) is 0. The smallest absolute Gasteiger partial charge is 0.242 e. The second-order valence-corrected chi connectivity index (χ2v) is 7.44. The fraction of sp³-hybridized carbons (Fsp3) is 0.167. The van der Waals surface area contributed by atoms with E-state index in [9.17, 15) is 13.2 Å². The van der Waals surface area contributed by atoms with Crippen LogP contribution in [0.3, 0.4) is 0 Å². The van der Waals surface area contributed by atoms with Gasteiger partial charge in [-0.1, -0.05) is 18.2 Å². The van der Waals surface area contributed by atoms with Crippen molar-refractivity contribution in [3.05, 3.63) is 65.7 Å². The highest BCUT2D eigenvalue weighted by Gasteiger charge is 2.17. The van der Waals surface area contributed by atoms with E-state index in [0.717, 1.165) is 9.87 Å². The Kier molecular flexibility index (Phi) is 5.54. The lowest BCUT2D eigenvalue weighted by Gasteiger charge is -2.11. The number of hydrogen-bond donors (Lipinski definition) is 0. The van der Waals surface area contributed by atoms with Crippen molar-refractivity contribution >= 4 is 21.9 Å². The van der Waals surface area contributed by atoms with E-state index >= 15 is 0 Å². The first kappa shape index (κ1) is 17.9. The van der Waals surface area contributed by atoms with Gasteiger partial charge in [0.15, 0.2) is 5.78 Å². The monoisotopic (exact) mass is 345 g/mol. The molecular formula is C18H19NO4S. The molecule has 0 atom stereocenters. The fourth-order valence-electron chi connectivity index (χ4n) is 2.02. The highest BCUT2D eigenvalue weighted by atomic mass is 32.2. The van der Waals surface area contributed by atoms with Crippen molar-refractivity contribution in [3.63, 3.8) is 0 Å². The van der Waals surface area contributed by atoms with Crippen molar-refractivity contribution in [1.82, 2.24) is 4.31 Å². The second-order valence-electron chi connectivity index (χ2n) is 5.29. The van der Waals surface area contributed by atoms with Crippen LogP contribution >= 0.6 is 0 Å². The van der Waals surface area contributed by atoms with E-state index in [1.807, 2.05) is 24.3 Å². The molecule has 5 nitrogen and oxygen atoms in total. The maximum absolute atomic E-state index is 12.2. The Labute approximate surface area is 142 Å². The first-order valence-electron chi connectivity index (χ1n) is 7.23. The third kappa shape index (κ3) is 4.10. The minimum absolute atomic E-state index is 0.154. The van der Waals surface area contributed by atoms with Gasteiger partial charge < -0.3 is 4.74 Å². The molecule has 126 valence electrons. The van der Waals surface area contributed by atoms with Gasteiger partial charge in [0.05, 0.1) is 12.0 Å². The lowest BCUT2D eigenvalue weighted by atomic mass is 10.1. The standard InChI is InChI=1S/C18H19NO4S/c1-19(2)24(21,22)17-10-8-15(9-11-17)18(20)12-7-14-5-4-6-16(13-14)23-3/h4-13H,1-3H3. The Hall–Kier alpha value is -2.44. The third-order valence-electron chi connectivity index (χ3n) is 3.44. The molecule has 2 rings (SSSR count). The van der Waals surface area contributed by atoms with Crippen LogP contribution in [0.25, 0.3) is 6.08 Å². The normalized spacial score (nSPS) is 11.8. The Morgan fingerprint density at radius 1 is 1.08 bits per heavy atom. The molecule has 0 unspecified atom stereocenters. The number of ether oxygens (including phenoxy) is 1. The summed E-state index contributed by atoms with van der Waals surface area (Å²) in [5.74, 6) is 0.509. The average Bonchev–Trinajstić information content (AvgIpc) is 2.59. The molecular weight excluding hydrogens is 326 g/mol. The number of hydrogen-bond acceptors (Lipinski definition) is 4. The van der Waals surface area contributed by atoms with Crippen molar-refractivity contribution in [2.45, 2.75) is 4.90 Å². The van der Waals surface area contributed by atoms with E-state index in [1.165, 1.54) is 44.4 Å². The molecule has 0 fully saturated rings. The number of ketones is 1. The van der Waals surface area contributed by atoms with Crippen molar-refractivity contribution in [2.24, 2.45) is 0 Å². The molecule has 0 aliphatic rings. The van der Waals surface area contributed by atoms with Crippen molar-refractivity contribution < 1.29 is 17.9 Å². The Morgan fingerprint density at radius 2 is 1.75 bits per heavy atom. The van der Waals surface area contributed by atoms with Gasteiger partial charge in [-0.05, 0) is 48.0 Å². The maximum atomic E-state index is 12.2. The molecule has 0 bridgehead atoms. The van der Waals surface area contributed by atoms with Crippen LogP contribution in [0.2, 0.25) is 0 Å². The van der Waals surface area contributed by atoms with Gasteiger partial charge in [-0.2, -0.15) is 0 Å². The van der Waals surface area contributed by atoms with Crippen LogP contribution in [-0.2, 0) is 10.0 Å². The van der Waals surface area contributed by atoms with E-state index < -0.39 is 10.0 Å². The van der Waals surface area contributed by atoms with E-state index in [4.69, 9.17) is 4.74 Å². The van der Waals surface area contributed by atoms with Crippen molar-refractivity contribution in [1.29, 1.82) is 0 Å². The van der Waals surface area contributed by atoms with Gasteiger partial charge in [0.1, 0.15) is 5.75 Å². The summed E-state index contributed by atoms with van der Waals surface area (Å²) in [7, 11) is 1.02.